The van der Waals surface area contributed by atoms with E-state index in [1.807, 2.05) is 12.1 Å². The summed E-state index contributed by atoms with van der Waals surface area (Å²) in [6.45, 7) is 0. The van der Waals surface area contributed by atoms with Gasteiger partial charge in [0.05, 0.1) is 14.2 Å². The van der Waals surface area contributed by atoms with Gasteiger partial charge in [-0.15, -0.1) is 0 Å². The number of phenolic OH excluding ortho intramolecular Hbond substituents is 2. The number of allylic oxidation sites excluding steroid dienone is 2. The normalized spacial score (nSPS) is 11.1. The summed E-state index contributed by atoms with van der Waals surface area (Å²) >= 11 is 0. The maximum absolute atomic E-state index is 12.5. The molecule has 6 nitrogen and oxygen atoms in total. The second-order valence-corrected chi connectivity index (χ2v) is 8.82. The Hall–Kier alpha value is -5.10. The lowest BCUT2D eigenvalue weighted by atomic mass is 9.99. The Morgan fingerprint density at radius 2 is 1.00 bits per heavy atom. The third-order valence-corrected chi connectivity index (χ3v) is 6.17. The van der Waals surface area contributed by atoms with Gasteiger partial charge in [-0.05, 0) is 115 Å². The van der Waals surface area contributed by atoms with Crippen molar-refractivity contribution in [2.45, 2.75) is 6.42 Å². The predicted octanol–water partition coefficient (Wildman–Crippen LogP) is 6.50. The van der Waals surface area contributed by atoms with Gasteiger partial charge >= 0.3 is 0 Å². The molecule has 0 saturated heterocycles. The number of phenols is 2. The number of hydrogen-bond acceptors (Lipinski definition) is 6. The molecule has 6 heteroatoms. The molecule has 0 unspecified atom stereocenters. The van der Waals surface area contributed by atoms with Gasteiger partial charge in [-0.25, -0.2) is 0 Å². The number of benzene rings is 4. The standard InChI is InChI=1S/C33H28O6/c1-38-28-11-5-24(6-12-28)30(34)17-9-26-20-22(3-15-32(26)36)19-23-4-16-33(37)27(21-23)10-18-31(35)25-7-13-29(39-2)14-8-25/h3-18,20-21,36-37H,19H2,1-2H3/b17-9+,18-10+. The van der Waals surface area contributed by atoms with Crippen LogP contribution in [0.2, 0.25) is 0 Å². The van der Waals surface area contributed by atoms with E-state index in [4.69, 9.17) is 9.47 Å². The maximum Gasteiger partial charge on any atom is 0.185 e. The molecular formula is C33H28O6. The third-order valence-electron chi connectivity index (χ3n) is 6.17. The molecule has 0 atom stereocenters. The Balaban J connectivity index is 1.47. The summed E-state index contributed by atoms with van der Waals surface area (Å²) in [6, 6.07) is 24.0. The molecule has 0 fully saturated rings. The number of rotatable bonds is 10. The van der Waals surface area contributed by atoms with Crippen LogP contribution in [0.3, 0.4) is 0 Å². The van der Waals surface area contributed by atoms with Gasteiger partial charge in [0.1, 0.15) is 23.0 Å². The minimum atomic E-state index is -0.193. The lowest BCUT2D eigenvalue weighted by Crippen LogP contribution is -1.95. The Kier molecular flexibility index (Phi) is 8.59. The molecule has 0 amide bonds. The van der Waals surface area contributed by atoms with Crippen LogP contribution in [-0.4, -0.2) is 36.0 Å². The summed E-state index contributed by atoms with van der Waals surface area (Å²) in [6.07, 6.45) is 6.53. The lowest BCUT2D eigenvalue weighted by molar-refractivity contribution is 0.103. The molecule has 0 aliphatic carbocycles. The minimum absolute atomic E-state index is 0.0592. The fourth-order valence-electron chi connectivity index (χ4n) is 3.96. The molecule has 39 heavy (non-hydrogen) atoms. The van der Waals surface area contributed by atoms with Crippen molar-refractivity contribution >= 4 is 23.7 Å². The Morgan fingerprint density at radius 3 is 1.36 bits per heavy atom. The van der Waals surface area contributed by atoms with Crippen molar-refractivity contribution < 1.29 is 29.3 Å². The molecule has 0 aromatic heterocycles. The van der Waals surface area contributed by atoms with Gasteiger partial charge in [0, 0.05) is 22.3 Å². The van der Waals surface area contributed by atoms with E-state index in [1.165, 1.54) is 12.2 Å². The fourth-order valence-corrected chi connectivity index (χ4v) is 3.96. The second kappa shape index (κ2) is 12.4. The minimum Gasteiger partial charge on any atom is -0.507 e. The van der Waals surface area contributed by atoms with Crippen LogP contribution >= 0.6 is 0 Å². The highest BCUT2D eigenvalue weighted by atomic mass is 16.5. The molecule has 4 rings (SSSR count). The zero-order chi connectivity index (χ0) is 27.8. The molecule has 4 aromatic carbocycles. The summed E-state index contributed by atoms with van der Waals surface area (Å²) in [5.74, 6) is 1.06. The Morgan fingerprint density at radius 1 is 0.615 bits per heavy atom. The topological polar surface area (TPSA) is 93.1 Å². The van der Waals surface area contributed by atoms with Crippen molar-refractivity contribution in [3.05, 3.63) is 130 Å². The number of carbonyl (C=O) groups excluding carboxylic acids is 2. The van der Waals surface area contributed by atoms with Crippen LogP contribution in [0.25, 0.3) is 12.2 Å². The van der Waals surface area contributed by atoms with Crippen molar-refractivity contribution in [2.24, 2.45) is 0 Å². The molecule has 0 aliphatic rings. The highest BCUT2D eigenvalue weighted by Crippen LogP contribution is 2.25. The van der Waals surface area contributed by atoms with Crippen LogP contribution in [0.1, 0.15) is 43.0 Å². The van der Waals surface area contributed by atoms with Gasteiger partial charge in [-0.3, -0.25) is 9.59 Å². The predicted molar refractivity (Wildman–Crippen MR) is 152 cm³/mol. The van der Waals surface area contributed by atoms with Crippen LogP contribution in [0.15, 0.2) is 97.1 Å². The third kappa shape index (κ3) is 7.02. The summed E-state index contributed by atoms with van der Waals surface area (Å²) in [5, 5.41) is 20.6. The molecule has 0 radical (unpaired) electrons. The molecule has 0 aliphatic heterocycles. The molecular weight excluding hydrogens is 492 g/mol. The van der Waals surface area contributed by atoms with Gasteiger partial charge in [0.25, 0.3) is 0 Å². The van der Waals surface area contributed by atoms with Crippen molar-refractivity contribution in [3.8, 4) is 23.0 Å². The first-order valence-electron chi connectivity index (χ1n) is 12.2. The molecule has 2 N–H and O–H groups in total. The van der Waals surface area contributed by atoms with E-state index in [0.717, 1.165) is 11.1 Å². The first kappa shape index (κ1) is 26.9. The van der Waals surface area contributed by atoms with E-state index in [-0.39, 0.29) is 23.1 Å². The Bertz CT molecular complexity index is 1410. The van der Waals surface area contributed by atoms with Crippen molar-refractivity contribution in [1.29, 1.82) is 0 Å². The number of aromatic hydroxyl groups is 2. The first-order valence-corrected chi connectivity index (χ1v) is 12.2. The summed E-state index contributed by atoms with van der Waals surface area (Å²) in [4.78, 5) is 25.1. The first-order chi connectivity index (χ1) is 18.9. The zero-order valence-electron chi connectivity index (χ0n) is 21.6. The van der Waals surface area contributed by atoms with E-state index in [9.17, 15) is 19.8 Å². The number of ether oxygens (including phenoxy) is 2. The van der Waals surface area contributed by atoms with E-state index in [1.54, 1.807) is 99.2 Å². The van der Waals surface area contributed by atoms with Gasteiger partial charge in [0.2, 0.25) is 0 Å². The largest absolute Gasteiger partial charge is 0.507 e. The molecule has 0 heterocycles. The quantitative estimate of drug-likeness (QED) is 0.183. The molecule has 0 saturated carbocycles. The van der Waals surface area contributed by atoms with E-state index >= 15 is 0 Å². The van der Waals surface area contributed by atoms with Crippen LogP contribution in [0, 0.1) is 0 Å². The second-order valence-electron chi connectivity index (χ2n) is 8.82. The number of carbonyl (C=O) groups is 2. The van der Waals surface area contributed by atoms with Gasteiger partial charge in [0.15, 0.2) is 11.6 Å². The van der Waals surface area contributed by atoms with E-state index < -0.39 is 0 Å². The van der Waals surface area contributed by atoms with Gasteiger partial charge in [-0.2, -0.15) is 0 Å². The number of ketones is 2. The Labute approximate surface area is 227 Å². The zero-order valence-corrected chi connectivity index (χ0v) is 21.6. The van der Waals surface area contributed by atoms with Crippen LogP contribution in [-0.2, 0) is 6.42 Å². The summed E-state index contributed by atoms with van der Waals surface area (Å²) < 4.78 is 10.2. The highest BCUT2D eigenvalue weighted by Gasteiger charge is 2.08. The van der Waals surface area contributed by atoms with Crippen molar-refractivity contribution in [1.82, 2.24) is 0 Å². The van der Waals surface area contributed by atoms with Gasteiger partial charge < -0.3 is 19.7 Å². The summed E-state index contributed by atoms with van der Waals surface area (Å²) in [7, 11) is 3.13. The van der Waals surface area contributed by atoms with Crippen LogP contribution in [0.5, 0.6) is 23.0 Å². The van der Waals surface area contributed by atoms with Crippen molar-refractivity contribution in [2.75, 3.05) is 14.2 Å². The maximum atomic E-state index is 12.5. The van der Waals surface area contributed by atoms with Crippen molar-refractivity contribution in [3.63, 3.8) is 0 Å². The number of methoxy groups -OCH3 is 2. The smallest absolute Gasteiger partial charge is 0.185 e. The lowest BCUT2D eigenvalue weighted by Gasteiger charge is -2.08. The highest BCUT2D eigenvalue weighted by molar-refractivity contribution is 6.07. The molecule has 0 spiro atoms. The fraction of sp³-hybridized carbons (Fsp3) is 0.0909. The average Bonchev–Trinajstić information content (AvgIpc) is 2.97. The molecule has 4 aromatic rings. The molecule has 0 bridgehead atoms. The van der Waals surface area contributed by atoms with Crippen LogP contribution < -0.4 is 9.47 Å². The van der Waals surface area contributed by atoms with Gasteiger partial charge in [-0.1, -0.05) is 12.1 Å². The van der Waals surface area contributed by atoms with Crippen LogP contribution in [0.4, 0.5) is 0 Å². The SMILES string of the molecule is COc1ccc(C(=O)/C=C/c2cc(Cc3ccc(O)c(/C=C/C(=O)c4ccc(OC)cc4)c3)ccc2O)cc1. The van der Waals surface area contributed by atoms with E-state index in [0.29, 0.717) is 40.2 Å². The number of hydrogen-bond donors (Lipinski definition) is 2. The summed E-state index contributed by atoms with van der Waals surface area (Å²) in [5.41, 5.74) is 3.85. The average molecular weight is 521 g/mol. The van der Waals surface area contributed by atoms with E-state index in [2.05, 4.69) is 0 Å². The monoisotopic (exact) mass is 520 g/mol. The molecule has 196 valence electrons.